The average Bonchev–Trinajstić information content (AvgIpc) is 3.19. The van der Waals surface area contributed by atoms with Crippen LogP contribution in [0.2, 0.25) is 0 Å². The summed E-state index contributed by atoms with van der Waals surface area (Å²) in [6.07, 6.45) is 5.34. The molecule has 0 saturated carbocycles. The van der Waals surface area contributed by atoms with E-state index >= 15 is 0 Å². The lowest BCUT2D eigenvalue weighted by Crippen LogP contribution is -2.33. The smallest absolute Gasteiger partial charge is 0.306 e. The topological polar surface area (TPSA) is 63.7 Å². The Bertz CT molecular complexity index is 950. The van der Waals surface area contributed by atoms with Crippen molar-refractivity contribution < 1.29 is 19.1 Å². The van der Waals surface area contributed by atoms with E-state index in [1.54, 1.807) is 4.90 Å². The molecule has 0 atom stereocenters. The Hall–Kier alpha value is -2.95. The molecule has 2 aromatic carbocycles. The number of ketones is 1. The second-order valence-corrected chi connectivity index (χ2v) is 7.70. The van der Waals surface area contributed by atoms with Gasteiger partial charge in [0.2, 0.25) is 0 Å². The normalized spacial score (nSPS) is 14.8. The van der Waals surface area contributed by atoms with Crippen LogP contribution in [0.5, 0.6) is 0 Å². The van der Waals surface area contributed by atoms with Gasteiger partial charge in [0.15, 0.2) is 12.4 Å². The van der Waals surface area contributed by atoms with Crippen LogP contribution in [0.15, 0.2) is 42.5 Å². The molecule has 1 aliphatic heterocycles. The van der Waals surface area contributed by atoms with E-state index in [1.807, 2.05) is 42.5 Å². The molecule has 0 fully saturated rings. The van der Waals surface area contributed by atoms with Crippen LogP contribution in [0.1, 0.15) is 52.7 Å². The Morgan fingerprint density at radius 2 is 1.66 bits per heavy atom. The number of carbonyl (C=O) groups is 3. The minimum absolute atomic E-state index is 0.0141. The van der Waals surface area contributed by atoms with Gasteiger partial charge in [0.25, 0.3) is 5.91 Å². The summed E-state index contributed by atoms with van der Waals surface area (Å²) in [6, 6.07) is 13.6. The maximum atomic E-state index is 12.4. The van der Waals surface area contributed by atoms with E-state index in [9.17, 15) is 14.4 Å². The molecule has 1 heterocycles. The molecule has 150 valence electrons. The minimum Gasteiger partial charge on any atom is -0.456 e. The molecule has 0 spiro atoms. The molecule has 5 nitrogen and oxygen atoms in total. The largest absolute Gasteiger partial charge is 0.456 e. The van der Waals surface area contributed by atoms with Gasteiger partial charge in [0, 0.05) is 24.2 Å². The van der Waals surface area contributed by atoms with Crippen molar-refractivity contribution >= 4 is 23.3 Å². The lowest BCUT2D eigenvalue weighted by molar-refractivity contribution is -0.147. The fourth-order valence-electron chi connectivity index (χ4n) is 4.16. The molecular formula is C24H25NO4. The highest BCUT2D eigenvalue weighted by Gasteiger charge is 2.25. The molecule has 0 saturated heterocycles. The summed E-state index contributed by atoms with van der Waals surface area (Å²) < 4.78 is 5.13. The third kappa shape index (κ3) is 4.39. The summed E-state index contributed by atoms with van der Waals surface area (Å²) in [7, 11) is 0. The Labute approximate surface area is 170 Å². The second kappa shape index (κ2) is 8.60. The van der Waals surface area contributed by atoms with Gasteiger partial charge < -0.3 is 9.64 Å². The van der Waals surface area contributed by atoms with Gasteiger partial charge in [-0.3, -0.25) is 14.4 Å². The lowest BCUT2D eigenvalue weighted by Gasteiger charge is -2.17. The van der Waals surface area contributed by atoms with E-state index in [4.69, 9.17) is 4.74 Å². The first-order valence-electron chi connectivity index (χ1n) is 10.3. The zero-order valence-electron chi connectivity index (χ0n) is 16.5. The van der Waals surface area contributed by atoms with E-state index in [1.165, 1.54) is 17.5 Å². The van der Waals surface area contributed by atoms with Crippen molar-refractivity contribution in [1.29, 1.82) is 0 Å². The van der Waals surface area contributed by atoms with Gasteiger partial charge in [-0.2, -0.15) is 0 Å². The van der Waals surface area contributed by atoms with E-state index in [-0.39, 0.29) is 31.1 Å². The van der Waals surface area contributed by atoms with Gasteiger partial charge in [0.1, 0.15) is 0 Å². The molecule has 2 aliphatic rings. The van der Waals surface area contributed by atoms with Gasteiger partial charge in [0.05, 0.1) is 6.42 Å². The molecule has 0 bridgehead atoms. The third-order valence-corrected chi connectivity index (χ3v) is 5.77. The number of hydrogen-bond donors (Lipinski definition) is 0. The van der Waals surface area contributed by atoms with Crippen molar-refractivity contribution in [2.24, 2.45) is 0 Å². The Morgan fingerprint density at radius 3 is 2.52 bits per heavy atom. The van der Waals surface area contributed by atoms with Crippen molar-refractivity contribution in [1.82, 2.24) is 0 Å². The number of hydrogen-bond acceptors (Lipinski definition) is 4. The minimum atomic E-state index is -0.517. The predicted octanol–water partition coefficient (Wildman–Crippen LogP) is 3.66. The summed E-state index contributed by atoms with van der Waals surface area (Å²) in [6.45, 7) is 0.312. The molecule has 1 amide bonds. The lowest BCUT2D eigenvalue weighted by atomic mass is 9.89. The van der Waals surface area contributed by atoms with Crippen LogP contribution in [0, 0.1) is 0 Å². The summed E-state index contributed by atoms with van der Waals surface area (Å²) in [4.78, 5) is 38.5. The summed E-state index contributed by atoms with van der Waals surface area (Å²) >= 11 is 0. The Balaban J connectivity index is 1.25. The van der Waals surface area contributed by atoms with Crippen molar-refractivity contribution in [3.05, 3.63) is 64.7 Å². The SMILES string of the molecule is O=C(CCC(=O)c1ccc2c(c1)CCCC2)OCC(=O)N1CCc2ccccc21. The Morgan fingerprint density at radius 1 is 0.862 bits per heavy atom. The maximum Gasteiger partial charge on any atom is 0.306 e. The summed E-state index contributed by atoms with van der Waals surface area (Å²) in [5.41, 5.74) is 5.25. The number of Topliss-reactive ketones (excluding diaryl/α,β-unsaturated/α-hetero) is 1. The number of fused-ring (bicyclic) bond motifs is 2. The second-order valence-electron chi connectivity index (χ2n) is 7.70. The molecule has 1 aliphatic carbocycles. The predicted molar refractivity (Wildman–Crippen MR) is 110 cm³/mol. The molecule has 0 N–H and O–H groups in total. The number of para-hydroxylation sites is 1. The number of nitrogens with zero attached hydrogens (tertiary/aromatic N) is 1. The zero-order chi connectivity index (χ0) is 20.2. The standard InChI is InChI=1S/C24H25NO4/c26-22(20-10-9-17-5-1-2-7-19(17)15-20)11-12-24(28)29-16-23(27)25-14-13-18-6-3-4-8-21(18)25/h3-4,6,8-10,15H,1-2,5,7,11-14,16H2. The number of esters is 1. The molecular weight excluding hydrogens is 366 g/mol. The van der Waals surface area contributed by atoms with Crippen LogP contribution in [0.4, 0.5) is 5.69 Å². The van der Waals surface area contributed by atoms with Gasteiger partial charge >= 0.3 is 5.97 Å². The third-order valence-electron chi connectivity index (χ3n) is 5.77. The number of amides is 1. The fourth-order valence-corrected chi connectivity index (χ4v) is 4.16. The average molecular weight is 391 g/mol. The zero-order valence-corrected chi connectivity index (χ0v) is 16.5. The quantitative estimate of drug-likeness (QED) is 0.557. The van der Waals surface area contributed by atoms with Crippen molar-refractivity contribution in [3.63, 3.8) is 0 Å². The van der Waals surface area contributed by atoms with Crippen molar-refractivity contribution in [2.45, 2.75) is 44.9 Å². The monoisotopic (exact) mass is 391 g/mol. The Kier molecular flexibility index (Phi) is 5.74. The van der Waals surface area contributed by atoms with Gasteiger partial charge in [-0.25, -0.2) is 0 Å². The molecule has 5 heteroatoms. The van der Waals surface area contributed by atoms with Crippen LogP contribution in [-0.4, -0.2) is 30.8 Å². The van der Waals surface area contributed by atoms with Gasteiger partial charge in [-0.05, 0) is 60.9 Å². The van der Waals surface area contributed by atoms with E-state index in [0.717, 1.165) is 36.9 Å². The van der Waals surface area contributed by atoms with E-state index < -0.39 is 5.97 Å². The van der Waals surface area contributed by atoms with Crippen LogP contribution in [0.3, 0.4) is 0 Å². The van der Waals surface area contributed by atoms with Crippen molar-refractivity contribution in [3.8, 4) is 0 Å². The first kappa shape index (κ1) is 19.4. The highest BCUT2D eigenvalue weighted by atomic mass is 16.5. The first-order valence-corrected chi connectivity index (χ1v) is 10.3. The number of aryl methyl sites for hydroxylation is 2. The van der Waals surface area contributed by atoms with Crippen LogP contribution >= 0.6 is 0 Å². The molecule has 29 heavy (non-hydrogen) atoms. The molecule has 2 aromatic rings. The highest BCUT2D eigenvalue weighted by molar-refractivity contribution is 5.99. The van der Waals surface area contributed by atoms with Gasteiger partial charge in [-0.15, -0.1) is 0 Å². The van der Waals surface area contributed by atoms with E-state index in [2.05, 4.69) is 0 Å². The van der Waals surface area contributed by atoms with Gasteiger partial charge in [-0.1, -0.05) is 30.3 Å². The number of carbonyl (C=O) groups excluding carboxylic acids is 3. The molecule has 0 unspecified atom stereocenters. The first-order chi connectivity index (χ1) is 14.1. The summed E-state index contributed by atoms with van der Waals surface area (Å²) in [5.74, 6) is -0.809. The van der Waals surface area contributed by atoms with Crippen LogP contribution < -0.4 is 4.90 Å². The van der Waals surface area contributed by atoms with Crippen molar-refractivity contribution in [2.75, 3.05) is 18.1 Å². The van der Waals surface area contributed by atoms with E-state index in [0.29, 0.717) is 12.1 Å². The number of anilines is 1. The number of benzene rings is 2. The number of ether oxygens (including phenoxy) is 1. The van der Waals surface area contributed by atoms with Crippen LogP contribution in [-0.2, 0) is 33.6 Å². The summed E-state index contributed by atoms with van der Waals surface area (Å²) in [5, 5.41) is 0. The van der Waals surface area contributed by atoms with Crippen LogP contribution in [0.25, 0.3) is 0 Å². The number of rotatable bonds is 6. The fraction of sp³-hybridized carbons (Fsp3) is 0.375. The molecule has 4 rings (SSSR count). The highest BCUT2D eigenvalue weighted by Crippen LogP contribution is 2.27. The molecule has 0 radical (unpaired) electrons. The maximum absolute atomic E-state index is 12.4. The molecule has 0 aromatic heterocycles.